The van der Waals surface area contributed by atoms with E-state index in [4.69, 9.17) is 21.1 Å². The summed E-state index contributed by atoms with van der Waals surface area (Å²) >= 11 is 7.90. The van der Waals surface area contributed by atoms with Crippen molar-refractivity contribution in [3.8, 4) is 5.75 Å². The predicted molar refractivity (Wildman–Crippen MR) is 105 cm³/mol. The van der Waals surface area contributed by atoms with Crippen LogP contribution in [0.5, 0.6) is 5.75 Å². The summed E-state index contributed by atoms with van der Waals surface area (Å²) in [7, 11) is 0. The van der Waals surface area contributed by atoms with Crippen LogP contribution in [0.25, 0.3) is 0 Å². The molecule has 136 valence electrons. The Kier molecular flexibility index (Phi) is 5.74. The number of ether oxygens (including phenoxy) is 2. The zero-order valence-electron chi connectivity index (χ0n) is 14.6. The van der Waals surface area contributed by atoms with E-state index in [1.807, 2.05) is 35.6 Å². The summed E-state index contributed by atoms with van der Waals surface area (Å²) in [4.78, 5) is 19.1. The number of carbonyl (C=O) groups is 1. The number of carbonyl (C=O) groups excluding carboxylic acids is 1. The smallest absolute Gasteiger partial charge is 0.338 e. The van der Waals surface area contributed by atoms with E-state index in [1.165, 1.54) is 11.8 Å². The van der Waals surface area contributed by atoms with Crippen LogP contribution in [0.4, 0.5) is 0 Å². The van der Waals surface area contributed by atoms with Crippen LogP contribution in [-0.4, -0.2) is 29.3 Å². The minimum atomic E-state index is -0.369. The number of halogens is 1. The Morgan fingerprint density at radius 2 is 2.31 bits per heavy atom. The molecule has 1 unspecified atom stereocenters. The van der Waals surface area contributed by atoms with Crippen molar-refractivity contribution in [2.75, 3.05) is 13.2 Å². The lowest BCUT2D eigenvalue weighted by molar-refractivity contribution is -0.139. The van der Waals surface area contributed by atoms with E-state index in [0.717, 1.165) is 10.7 Å². The van der Waals surface area contributed by atoms with Crippen molar-refractivity contribution >= 4 is 34.5 Å². The Morgan fingerprint density at radius 3 is 3.00 bits per heavy atom. The maximum Gasteiger partial charge on any atom is 0.338 e. The van der Waals surface area contributed by atoms with Crippen molar-refractivity contribution < 1.29 is 14.3 Å². The van der Waals surface area contributed by atoms with E-state index < -0.39 is 0 Å². The largest absolute Gasteiger partial charge is 0.488 e. The van der Waals surface area contributed by atoms with Gasteiger partial charge in [-0.3, -0.25) is 0 Å². The summed E-state index contributed by atoms with van der Waals surface area (Å²) in [6, 6.07) is 5.18. The number of nitrogens with zero attached hydrogens (tertiary/aromatic N) is 2. The van der Waals surface area contributed by atoms with Gasteiger partial charge in [0, 0.05) is 6.20 Å². The van der Waals surface area contributed by atoms with Crippen LogP contribution in [0.2, 0.25) is 5.02 Å². The molecule has 5 nitrogen and oxygen atoms in total. The lowest BCUT2D eigenvalue weighted by atomic mass is 9.95. The lowest BCUT2D eigenvalue weighted by Crippen LogP contribution is -2.34. The number of amidine groups is 1. The van der Waals surface area contributed by atoms with Crippen LogP contribution in [0, 0.1) is 0 Å². The van der Waals surface area contributed by atoms with Gasteiger partial charge in [-0.2, -0.15) is 0 Å². The molecule has 0 spiro atoms. The molecule has 3 rings (SSSR count). The van der Waals surface area contributed by atoms with Crippen molar-refractivity contribution in [2.24, 2.45) is 4.99 Å². The van der Waals surface area contributed by atoms with Gasteiger partial charge >= 0.3 is 5.97 Å². The molecule has 2 aliphatic heterocycles. The molecule has 2 heterocycles. The topological polar surface area (TPSA) is 51.1 Å². The second-order valence-corrected chi connectivity index (χ2v) is 6.90. The molecule has 0 saturated carbocycles. The molecule has 0 radical (unpaired) electrons. The van der Waals surface area contributed by atoms with Gasteiger partial charge < -0.3 is 14.4 Å². The molecule has 0 saturated heterocycles. The first-order valence-corrected chi connectivity index (χ1v) is 9.44. The number of rotatable bonds is 6. The van der Waals surface area contributed by atoms with Crippen LogP contribution >= 0.6 is 23.4 Å². The van der Waals surface area contributed by atoms with Gasteiger partial charge in [0.25, 0.3) is 0 Å². The Hall–Kier alpha value is -2.18. The third kappa shape index (κ3) is 3.52. The molecule has 0 N–H and O–H groups in total. The van der Waals surface area contributed by atoms with Crippen molar-refractivity contribution in [1.29, 1.82) is 0 Å². The molecule has 2 aliphatic rings. The van der Waals surface area contributed by atoms with Gasteiger partial charge in [0.05, 0.1) is 28.9 Å². The van der Waals surface area contributed by atoms with Gasteiger partial charge in [-0.05, 0) is 37.0 Å². The number of hydrogen-bond acceptors (Lipinski definition) is 6. The van der Waals surface area contributed by atoms with Crippen LogP contribution < -0.4 is 4.74 Å². The van der Waals surface area contributed by atoms with E-state index in [-0.39, 0.29) is 12.0 Å². The Labute approximate surface area is 162 Å². The van der Waals surface area contributed by atoms with Gasteiger partial charge in [0.2, 0.25) is 0 Å². The average molecular weight is 391 g/mol. The number of allylic oxidation sites excluding steroid dienone is 1. The van der Waals surface area contributed by atoms with Crippen molar-refractivity contribution in [1.82, 2.24) is 4.90 Å². The molecule has 0 fully saturated rings. The number of thioether (sulfide) groups is 1. The molecule has 0 aliphatic carbocycles. The van der Waals surface area contributed by atoms with Crippen LogP contribution in [-0.2, 0) is 9.53 Å². The molecule has 0 amide bonds. The second-order valence-electron chi connectivity index (χ2n) is 5.62. The Balaban J connectivity index is 2.03. The highest BCUT2D eigenvalue weighted by Crippen LogP contribution is 2.42. The summed E-state index contributed by atoms with van der Waals surface area (Å²) in [6.45, 7) is 7.92. The zero-order chi connectivity index (χ0) is 18.7. The summed E-state index contributed by atoms with van der Waals surface area (Å²) in [5, 5.41) is 3.24. The molecule has 1 atom stereocenters. The average Bonchev–Trinajstić information content (AvgIpc) is 3.07. The predicted octanol–water partition coefficient (Wildman–Crippen LogP) is 4.67. The third-order valence-electron chi connectivity index (χ3n) is 3.94. The maximum atomic E-state index is 12.6. The highest BCUT2D eigenvalue weighted by molar-refractivity contribution is 8.16. The van der Waals surface area contributed by atoms with Crippen molar-refractivity contribution in [3.05, 3.63) is 64.3 Å². The number of benzene rings is 1. The molecule has 1 aromatic rings. The van der Waals surface area contributed by atoms with E-state index in [0.29, 0.717) is 35.3 Å². The normalized spacial score (nSPS) is 18.5. The van der Waals surface area contributed by atoms with Gasteiger partial charge in [0.1, 0.15) is 12.4 Å². The number of hydrogen-bond donors (Lipinski definition) is 0. The molecule has 0 aromatic heterocycles. The van der Waals surface area contributed by atoms with E-state index in [2.05, 4.69) is 11.6 Å². The maximum absolute atomic E-state index is 12.6. The first-order valence-electron chi connectivity index (χ1n) is 8.18. The first kappa shape index (κ1) is 18.6. The highest BCUT2D eigenvalue weighted by atomic mass is 35.5. The standard InChI is InChI=1S/C19H19ClN2O3S/c1-4-9-25-15-7-6-13(11-14(15)20)17-16(18(23)24-5-2)12(3)21-19-22(17)8-10-26-19/h4,6-8,10-11,17H,1,5,9H2,2-3H3. The third-order valence-corrected chi connectivity index (χ3v) is 5.01. The Morgan fingerprint density at radius 1 is 1.50 bits per heavy atom. The highest BCUT2D eigenvalue weighted by Gasteiger charge is 2.37. The molecule has 1 aromatic carbocycles. The summed E-state index contributed by atoms with van der Waals surface area (Å²) in [5.74, 6) is 0.205. The quantitative estimate of drug-likeness (QED) is 0.521. The van der Waals surface area contributed by atoms with Gasteiger partial charge in [-0.25, -0.2) is 9.79 Å². The van der Waals surface area contributed by atoms with Gasteiger partial charge in [-0.1, -0.05) is 42.1 Å². The number of aliphatic imine (C=N–C) groups is 1. The van der Waals surface area contributed by atoms with Crippen LogP contribution in [0.15, 0.2) is 58.7 Å². The minimum Gasteiger partial charge on any atom is -0.488 e. The van der Waals surface area contributed by atoms with E-state index >= 15 is 0 Å². The molecule has 26 heavy (non-hydrogen) atoms. The molecular weight excluding hydrogens is 372 g/mol. The SMILES string of the molecule is C=CCOc1ccc(C2C(C(=O)OCC)=C(C)N=C3SC=CN32)cc1Cl. The van der Waals surface area contributed by atoms with Gasteiger partial charge in [0.15, 0.2) is 5.17 Å². The minimum absolute atomic E-state index is 0.304. The number of fused-ring (bicyclic) bond motifs is 1. The molecule has 7 heteroatoms. The number of esters is 1. The van der Waals surface area contributed by atoms with Crippen molar-refractivity contribution in [3.63, 3.8) is 0 Å². The fourth-order valence-corrected chi connectivity index (χ4v) is 3.89. The van der Waals surface area contributed by atoms with E-state index in [9.17, 15) is 4.79 Å². The van der Waals surface area contributed by atoms with Crippen molar-refractivity contribution in [2.45, 2.75) is 19.9 Å². The zero-order valence-corrected chi connectivity index (χ0v) is 16.1. The van der Waals surface area contributed by atoms with Gasteiger partial charge in [-0.15, -0.1) is 0 Å². The lowest BCUT2D eigenvalue weighted by Gasteiger charge is -2.33. The summed E-state index contributed by atoms with van der Waals surface area (Å²) < 4.78 is 10.8. The first-order chi connectivity index (χ1) is 12.6. The summed E-state index contributed by atoms with van der Waals surface area (Å²) in [6.07, 6.45) is 3.57. The fraction of sp³-hybridized carbons (Fsp3) is 0.263. The van der Waals surface area contributed by atoms with Crippen LogP contribution in [0.3, 0.4) is 0 Å². The Bertz CT molecular complexity index is 832. The fourth-order valence-electron chi connectivity index (χ4n) is 2.85. The molecular formula is C19H19ClN2O3S. The summed E-state index contributed by atoms with van der Waals surface area (Å²) in [5.41, 5.74) is 2.03. The molecule has 0 bridgehead atoms. The van der Waals surface area contributed by atoms with Crippen LogP contribution in [0.1, 0.15) is 25.5 Å². The monoisotopic (exact) mass is 390 g/mol. The van der Waals surface area contributed by atoms with E-state index in [1.54, 1.807) is 19.1 Å². The second kappa shape index (κ2) is 8.01.